The summed E-state index contributed by atoms with van der Waals surface area (Å²) in [5.41, 5.74) is 6.83. The van der Waals surface area contributed by atoms with Crippen molar-refractivity contribution < 1.29 is 9.13 Å². The SMILES string of the molecule is CC1CN(CCC(N)c2ccc(F)cn2)CC(C)O1. The van der Waals surface area contributed by atoms with Crippen LogP contribution in [0.3, 0.4) is 0 Å². The van der Waals surface area contributed by atoms with Crippen LogP contribution in [0, 0.1) is 5.82 Å². The van der Waals surface area contributed by atoms with Crippen LogP contribution < -0.4 is 5.73 Å². The summed E-state index contributed by atoms with van der Waals surface area (Å²) in [4.78, 5) is 6.39. The summed E-state index contributed by atoms with van der Waals surface area (Å²) in [6.45, 7) is 6.97. The molecule has 106 valence electrons. The Balaban J connectivity index is 1.83. The molecule has 0 radical (unpaired) electrons. The minimum Gasteiger partial charge on any atom is -0.373 e. The van der Waals surface area contributed by atoms with Gasteiger partial charge in [-0.05, 0) is 32.4 Å². The molecule has 1 fully saturated rings. The van der Waals surface area contributed by atoms with Gasteiger partial charge in [0.2, 0.25) is 0 Å². The Kier molecular flexibility index (Phi) is 4.85. The van der Waals surface area contributed by atoms with Gasteiger partial charge < -0.3 is 10.5 Å². The van der Waals surface area contributed by atoms with Crippen LogP contribution in [0.25, 0.3) is 0 Å². The molecule has 0 aromatic carbocycles. The Morgan fingerprint density at radius 2 is 2.11 bits per heavy atom. The van der Waals surface area contributed by atoms with Gasteiger partial charge >= 0.3 is 0 Å². The lowest BCUT2D eigenvalue weighted by molar-refractivity contribution is -0.0684. The number of halogens is 1. The van der Waals surface area contributed by atoms with Gasteiger partial charge in [-0.2, -0.15) is 0 Å². The van der Waals surface area contributed by atoms with Crippen molar-refractivity contribution in [2.24, 2.45) is 5.73 Å². The highest BCUT2D eigenvalue weighted by Gasteiger charge is 2.22. The van der Waals surface area contributed by atoms with E-state index in [0.717, 1.165) is 31.7 Å². The Labute approximate surface area is 113 Å². The van der Waals surface area contributed by atoms with Crippen molar-refractivity contribution in [2.75, 3.05) is 19.6 Å². The van der Waals surface area contributed by atoms with Crippen LogP contribution in [0.4, 0.5) is 4.39 Å². The van der Waals surface area contributed by atoms with Gasteiger partial charge in [0.05, 0.1) is 24.1 Å². The first-order valence-corrected chi connectivity index (χ1v) is 6.79. The molecule has 3 unspecified atom stereocenters. The Hall–Kier alpha value is -1.04. The van der Waals surface area contributed by atoms with Crippen molar-refractivity contribution in [2.45, 2.75) is 38.5 Å². The fourth-order valence-electron chi connectivity index (χ4n) is 2.54. The molecule has 5 heteroatoms. The van der Waals surface area contributed by atoms with E-state index in [1.807, 2.05) is 0 Å². The summed E-state index contributed by atoms with van der Waals surface area (Å²) in [7, 11) is 0. The summed E-state index contributed by atoms with van der Waals surface area (Å²) in [5, 5.41) is 0. The molecule has 0 spiro atoms. The van der Waals surface area contributed by atoms with Crippen molar-refractivity contribution in [3.05, 3.63) is 29.8 Å². The van der Waals surface area contributed by atoms with Gasteiger partial charge in [0.25, 0.3) is 0 Å². The molecule has 19 heavy (non-hydrogen) atoms. The van der Waals surface area contributed by atoms with E-state index in [2.05, 4.69) is 23.7 Å². The largest absolute Gasteiger partial charge is 0.373 e. The van der Waals surface area contributed by atoms with Gasteiger partial charge in [-0.1, -0.05) is 0 Å². The maximum Gasteiger partial charge on any atom is 0.141 e. The van der Waals surface area contributed by atoms with Crippen molar-refractivity contribution in [3.63, 3.8) is 0 Å². The highest BCUT2D eigenvalue weighted by Crippen LogP contribution is 2.15. The van der Waals surface area contributed by atoms with Crippen LogP contribution in [-0.2, 0) is 4.74 Å². The Morgan fingerprint density at radius 3 is 2.68 bits per heavy atom. The molecule has 1 aromatic rings. The van der Waals surface area contributed by atoms with Crippen molar-refractivity contribution in [1.29, 1.82) is 0 Å². The molecule has 1 aliphatic heterocycles. The fourth-order valence-corrected chi connectivity index (χ4v) is 2.54. The molecule has 4 nitrogen and oxygen atoms in total. The van der Waals surface area contributed by atoms with Gasteiger partial charge in [0.15, 0.2) is 0 Å². The minimum absolute atomic E-state index is 0.144. The number of aromatic nitrogens is 1. The topological polar surface area (TPSA) is 51.4 Å². The van der Waals surface area contributed by atoms with E-state index in [0.29, 0.717) is 0 Å². The number of morpholine rings is 1. The fraction of sp³-hybridized carbons (Fsp3) is 0.643. The number of nitrogens with zero attached hydrogens (tertiary/aromatic N) is 2. The molecule has 1 saturated heterocycles. The average molecular weight is 267 g/mol. The van der Waals surface area contributed by atoms with E-state index in [4.69, 9.17) is 10.5 Å². The second kappa shape index (κ2) is 6.41. The molecular formula is C14H22FN3O. The molecule has 0 aliphatic carbocycles. The third kappa shape index (κ3) is 4.23. The third-order valence-electron chi connectivity index (χ3n) is 3.38. The highest BCUT2D eigenvalue weighted by molar-refractivity contribution is 5.09. The second-order valence-corrected chi connectivity index (χ2v) is 5.31. The van der Waals surface area contributed by atoms with Crippen LogP contribution in [0.15, 0.2) is 18.3 Å². The second-order valence-electron chi connectivity index (χ2n) is 5.31. The third-order valence-corrected chi connectivity index (χ3v) is 3.38. The van der Waals surface area contributed by atoms with E-state index in [-0.39, 0.29) is 24.1 Å². The van der Waals surface area contributed by atoms with Gasteiger partial charge in [-0.15, -0.1) is 0 Å². The molecule has 2 heterocycles. The first-order chi connectivity index (χ1) is 9.04. The Bertz CT molecular complexity index is 388. The van der Waals surface area contributed by atoms with Crippen LogP contribution in [0.5, 0.6) is 0 Å². The maximum atomic E-state index is 12.8. The van der Waals surface area contributed by atoms with E-state index in [1.165, 1.54) is 12.3 Å². The minimum atomic E-state index is -0.327. The number of rotatable bonds is 4. The standard InChI is InChI=1S/C14H22FN3O/c1-10-8-18(9-11(2)19-10)6-5-13(16)14-4-3-12(15)7-17-14/h3-4,7,10-11,13H,5-6,8-9,16H2,1-2H3. The van der Waals surface area contributed by atoms with E-state index >= 15 is 0 Å². The molecule has 0 saturated carbocycles. The number of hydrogen-bond donors (Lipinski definition) is 1. The van der Waals surface area contributed by atoms with E-state index in [1.54, 1.807) is 6.07 Å². The smallest absolute Gasteiger partial charge is 0.141 e. The number of hydrogen-bond acceptors (Lipinski definition) is 4. The van der Waals surface area contributed by atoms with Crippen molar-refractivity contribution in [1.82, 2.24) is 9.88 Å². The van der Waals surface area contributed by atoms with Crippen molar-refractivity contribution >= 4 is 0 Å². The van der Waals surface area contributed by atoms with Crippen LogP contribution in [-0.4, -0.2) is 41.7 Å². The van der Waals surface area contributed by atoms with Crippen LogP contribution in [0.1, 0.15) is 32.0 Å². The lowest BCUT2D eigenvalue weighted by Gasteiger charge is -2.35. The lowest BCUT2D eigenvalue weighted by Crippen LogP contribution is -2.46. The first kappa shape index (κ1) is 14.4. The molecule has 1 aliphatic rings. The first-order valence-electron chi connectivity index (χ1n) is 6.79. The average Bonchev–Trinajstić information content (AvgIpc) is 2.36. The molecule has 0 amide bonds. The molecule has 0 bridgehead atoms. The summed E-state index contributed by atoms with van der Waals surface area (Å²) >= 11 is 0. The van der Waals surface area contributed by atoms with Gasteiger partial charge in [0.1, 0.15) is 5.82 Å². The number of pyridine rings is 1. The van der Waals surface area contributed by atoms with Crippen molar-refractivity contribution in [3.8, 4) is 0 Å². The predicted molar refractivity (Wildman–Crippen MR) is 72.2 cm³/mol. The van der Waals surface area contributed by atoms with E-state index < -0.39 is 0 Å². The monoisotopic (exact) mass is 267 g/mol. The number of nitrogens with two attached hydrogens (primary N) is 1. The number of ether oxygens (including phenoxy) is 1. The summed E-state index contributed by atoms with van der Waals surface area (Å²) in [5.74, 6) is -0.327. The molecule has 2 N–H and O–H groups in total. The summed E-state index contributed by atoms with van der Waals surface area (Å²) in [6, 6.07) is 2.92. The molecule has 1 aromatic heterocycles. The van der Waals surface area contributed by atoms with Gasteiger partial charge in [-0.3, -0.25) is 9.88 Å². The van der Waals surface area contributed by atoms with Crippen LogP contribution >= 0.6 is 0 Å². The zero-order chi connectivity index (χ0) is 13.8. The lowest BCUT2D eigenvalue weighted by atomic mass is 10.1. The van der Waals surface area contributed by atoms with Gasteiger partial charge in [-0.25, -0.2) is 4.39 Å². The Morgan fingerprint density at radius 1 is 1.42 bits per heavy atom. The highest BCUT2D eigenvalue weighted by atomic mass is 19.1. The maximum absolute atomic E-state index is 12.8. The molecular weight excluding hydrogens is 245 g/mol. The van der Waals surface area contributed by atoms with Crippen LogP contribution in [0.2, 0.25) is 0 Å². The summed E-state index contributed by atoms with van der Waals surface area (Å²) in [6.07, 6.45) is 2.57. The molecule has 3 atom stereocenters. The predicted octanol–water partition coefficient (Wildman–Crippen LogP) is 1.72. The zero-order valence-electron chi connectivity index (χ0n) is 11.6. The van der Waals surface area contributed by atoms with E-state index in [9.17, 15) is 4.39 Å². The van der Waals surface area contributed by atoms with Gasteiger partial charge in [0, 0.05) is 25.7 Å². The quantitative estimate of drug-likeness (QED) is 0.902. The normalized spacial score (nSPS) is 26.3. The zero-order valence-corrected chi connectivity index (χ0v) is 11.6. The summed E-state index contributed by atoms with van der Waals surface area (Å²) < 4.78 is 18.5. The molecule has 2 rings (SSSR count).